The van der Waals surface area contributed by atoms with Crippen molar-refractivity contribution in [2.45, 2.75) is 51.4 Å². The molecule has 2 saturated heterocycles. The maximum absolute atomic E-state index is 13.4. The SMILES string of the molecule is O=C1CCN(C(=O)C2CCCC2)CCCC(C(=O)N2CCN(c3ccccn3)CC2)CCN1. The molecule has 1 saturated carbocycles. The molecule has 3 heterocycles. The summed E-state index contributed by atoms with van der Waals surface area (Å²) in [6.45, 7) is 4.55. The highest BCUT2D eigenvalue weighted by Crippen LogP contribution is 2.27. The molecule has 1 aromatic rings. The zero-order chi connectivity index (χ0) is 23.0. The molecule has 8 heteroatoms. The molecule has 1 atom stereocenters. The Kier molecular flexibility index (Phi) is 8.18. The van der Waals surface area contributed by atoms with Crippen molar-refractivity contribution in [2.75, 3.05) is 50.7 Å². The maximum Gasteiger partial charge on any atom is 0.225 e. The molecule has 0 aromatic carbocycles. The van der Waals surface area contributed by atoms with E-state index in [1.54, 1.807) is 6.20 Å². The smallest absolute Gasteiger partial charge is 0.225 e. The first-order valence-electron chi connectivity index (χ1n) is 12.6. The van der Waals surface area contributed by atoms with Gasteiger partial charge >= 0.3 is 0 Å². The highest BCUT2D eigenvalue weighted by atomic mass is 16.2. The lowest BCUT2D eigenvalue weighted by molar-refractivity contribution is -0.136. The monoisotopic (exact) mass is 455 g/mol. The normalized spacial score (nSPS) is 23.7. The van der Waals surface area contributed by atoms with Crippen molar-refractivity contribution in [3.05, 3.63) is 24.4 Å². The largest absolute Gasteiger partial charge is 0.356 e. The molecule has 3 amide bonds. The fourth-order valence-electron chi connectivity index (χ4n) is 5.35. The van der Waals surface area contributed by atoms with Gasteiger partial charge in [-0.3, -0.25) is 14.4 Å². The van der Waals surface area contributed by atoms with E-state index in [4.69, 9.17) is 0 Å². The summed E-state index contributed by atoms with van der Waals surface area (Å²) < 4.78 is 0. The van der Waals surface area contributed by atoms with Gasteiger partial charge < -0.3 is 20.0 Å². The quantitative estimate of drug-likeness (QED) is 0.754. The average molecular weight is 456 g/mol. The average Bonchev–Trinajstić information content (AvgIpc) is 3.38. The van der Waals surface area contributed by atoms with Crippen molar-refractivity contribution < 1.29 is 14.4 Å². The Labute approximate surface area is 196 Å². The van der Waals surface area contributed by atoms with Gasteiger partial charge in [0.05, 0.1) is 0 Å². The maximum atomic E-state index is 13.4. The lowest BCUT2D eigenvalue weighted by atomic mass is 9.96. The van der Waals surface area contributed by atoms with Crippen molar-refractivity contribution in [1.29, 1.82) is 0 Å². The third-order valence-electron chi connectivity index (χ3n) is 7.33. The minimum Gasteiger partial charge on any atom is -0.356 e. The van der Waals surface area contributed by atoms with Crippen LogP contribution in [0.1, 0.15) is 51.4 Å². The van der Waals surface area contributed by atoms with Crippen LogP contribution < -0.4 is 10.2 Å². The number of rotatable bonds is 3. The number of amides is 3. The molecule has 180 valence electrons. The Balaban J connectivity index is 1.33. The number of pyridine rings is 1. The van der Waals surface area contributed by atoms with Gasteiger partial charge in [-0.2, -0.15) is 0 Å². The number of nitrogens with zero attached hydrogens (tertiary/aromatic N) is 4. The number of hydrogen-bond acceptors (Lipinski definition) is 5. The standard InChI is InChI=1S/C25H37N5O3/c31-23-11-15-29(24(32)20-6-1-2-7-20)14-5-8-21(10-13-27-23)25(33)30-18-16-28(17-19-30)22-9-3-4-12-26-22/h3-4,9,12,20-21H,1-2,5-8,10-11,13-19H2,(H,27,31). The number of carbonyl (C=O) groups is 3. The molecule has 0 bridgehead atoms. The van der Waals surface area contributed by atoms with E-state index < -0.39 is 0 Å². The lowest BCUT2D eigenvalue weighted by Crippen LogP contribution is -2.51. The van der Waals surface area contributed by atoms with Crippen LogP contribution in [-0.2, 0) is 14.4 Å². The second kappa shape index (κ2) is 11.5. The van der Waals surface area contributed by atoms with Crippen LogP contribution in [0.4, 0.5) is 5.82 Å². The van der Waals surface area contributed by atoms with E-state index in [1.165, 1.54) is 0 Å². The van der Waals surface area contributed by atoms with Crippen LogP contribution in [0.25, 0.3) is 0 Å². The van der Waals surface area contributed by atoms with Crippen molar-refractivity contribution >= 4 is 23.5 Å². The Morgan fingerprint density at radius 2 is 1.48 bits per heavy atom. The van der Waals surface area contributed by atoms with Gasteiger partial charge in [0.15, 0.2) is 0 Å². The minimum absolute atomic E-state index is 0.0312. The Morgan fingerprint density at radius 3 is 2.18 bits per heavy atom. The van der Waals surface area contributed by atoms with E-state index >= 15 is 0 Å². The summed E-state index contributed by atoms with van der Waals surface area (Å²) in [7, 11) is 0. The number of anilines is 1. The van der Waals surface area contributed by atoms with E-state index in [-0.39, 0.29) is 29.6 Å². The fourth-order valence-corrected chi connectivity index (χ4v) is 5.35. The molecular weight excluding hydrogens is 418 g/mol. The minimum atomic E-state index is -0.117. The Hall–Kier alpha value is -2.64. The lowest BCUT2D eigenvalue weighted by Gasteiger charge is -2.37. The van der Waals surface area contributed by atoms with E-state index in [9.17, 15) is 14.4 Å². The van der Waals surface area contributed by atoms with E-state index in [1.807, 2.05) is 28.0 Å². The molecule has 0 radical (unpaired) electrons. The van der Waals surface area contributed by atoms with E-state index in [0.29, 0.717) is 45.6 Å². The summed E-state index contributed by atoms with van der Waals surface area (Å²) >= 11 is 0. The highest BCUT2D eigenvalue weighted by molar-refractivity contribution is 5.81. The number of hydrogen-bond donors (Lipinski definition) is 1. The van der Waals surface area contributed by atoms with Crippen molar-refractivity contribution in [3.63, 3.8) is 0 Å². The van der Waals surface area contributed by atoms with Gasteiger partial charge in [0.1, 0.15) is 5.82 Å². The summed E-state index contributed by atoms with van der Waals surface area (Å²) in [4.78, 5) is 49.1. The van der Waals surface area contributed by atoms with Gasteiger partial charge in [0.25, 0.3) is 0 Å². The second-order valence-corrected chi connectivity index (χ2v) is 9.53. The first-order chi connectivity index (χ1) is 16.1. The molecule has 2 aliphatic heterocycles. The number of piperazine rings is 1. The number of carbonyl (C=O) groups excluding carboxylic acids is 3. The third-order valence-corrected chi connectivity index (χ3v) is 7.33. The van der Waals surface area contributed by atoms with Crippen molar-refractivity contribution in [2.24, 2.45) is 11.8 Å². The molecule has 4 rings (SSSR count). The second-order valence-electron chi connectivity index (χ2n) is 9.53. The summed E-state index contributed by atoms with van der Waals surface area (Å²) in [5, 5.41) is 2.96. The van der Waals surface area contributed by atoms with Gasteiger partial charge in [0, 0.05) is 70.3 Å². The van der Waals surface area contributed by atoms with Crippen LogP contribution in [0, 0.1) is 11.8 Å². The molecule has 3 aliphatic rings. The van der Waals surface area contributed by atoms with Gasteiger partial charge in [-0.05, 0) is 44.2 Å². The zero-order valence-electron chi connectivity index (χ0n) is 19.6. The van der Waals surface area contributed by atoms with E-state index in [0.717, 1.165) is 57.4 Å². The Morgan fingerprint density at radius 1 is 0.818 bits per heavy atom. The summed E-state index contributed by atoms with van der Waals surface area (Å²) in [6.07, 6.45) is 8.52. The van der Waals surface area contributed by atoms with Crippen LogP contribution in [0.15, 0.2) is 24.4 Å². The summed E-state index contributed by atoms with van der Waals surface area (Å²) in [5.41, 5.74) is 0. The summed E-state index contributed by atoms with van der Waals surface area (Å²) in [6, 6.07) is 5.90. The molecule has 3 fully saturated rings. The number of nitrogens with one attached hydrogen (secondary N) is 1. The molecule has 8 nitrogen and oxygen atoms in total. The van der Waals surface area contributed by atoms with E-state index in [2.05, 4.69) is 15.2 Å². The molecular formula is C25H37N5O3. The molecule has 33 heavy (non-hydrogen) atoms. The van der Waals surface area contributed by atoms with Crippen LogP contribution in [0.3, 0.4) is 0 Å². The third kappa shape index (κ3) is 6.24. The zero-order valence-corrected chi connectivity index (χ0v) is 19.6. The predicted molar refractivity (Wildman–Crippen MR) is 127 cm³/mol. The summed E-state index contributed by atoms with van der Waals surface area (Å²) in [5.74, 6) is 1.30. The first-order valence-corrected chi connectivity index (χ1v) is 12.6. The van der Waals surface area contributed by atoms with Gasteiger partial charge in [-0.1, -0.05) is 18.9 Å². The molecule has 0 spiro atoms. The van der Waals surface area contributed by atoms with Crippen LogP contribution in [0.5, 0.6) is 0 Å². The number of aromatic nitrogens is 1. The molecule has 1 aromatic heterocycles. The molecule has 1 N–H and O–H groups in total. The predicted octanol–water partition coefficient (Wildman–Crippen LogP) is 2.06. The fraction of sp³-hybridized carbons (Fsp3) is 0.680. The highest BCUT2D eigenvalue weighted by Gasteiger charge is 2.30. The van der Waals surface area contributed by atoms with Gasteiger partial charge in [0.2, 0.25) is 17.7 Å². The molecule has 1 aliphatic carbocycles. The van der Waals surface area contributed by atoms with Crippen LogP contribution in [-0.4, -0.2) is 78.3 Å². The van der Waals surface area contributed by atoms with Crippen LogP contribution in [0.2, 0.25) is 0 Å². The first kappa shape index (κ1) is 23.5. The molecule has 1 unspecified atom stereocenters. The van der Waals surface area contributed by atoms with Crippen molar-refractivity contribution in [1.82, 2.24) is 20.1 Å². The van der Waals surface area contributed by atoms with Crippen LogP contribution >= 0.6 is 0 Å². The van der Waals surface area contributed by atoms with Gasteiger partial charge in [-0.25, -0.2) is 4.98 Å². The topological polar surface area (TPSA) is 85.9 Å². The van der Waals surface area contributed by atoms with Crippen molar-refractivity contribution in [3.8, 4) is 0 Å². The van der Waals surface area contributed by atoms with Gasteiger partial charge in [-0.15, -0.1) is 0 Å². The Bertz CT molecular complexity index is 804.